The Morgan fingerprint density at radius 2 is 1.97 bits per heavy atom. The predicted octanol–water partition coefficient (Wildman–Crippen LogP) is 4.92. The number of anilines is 2. The lowest BCUT2D eigenvalue weighted by Gasteiger charge is -2.39. The molecule has 2 aliphatic rings. The molecule has 10 heteroatoms. The minimum Gasteiger partial charge on any atom is -0.477 e. The molecule has 1 N–H and O–H groups in total. The molecule has 1 saturated heterocycles. The lowest BCUT2D eigenvalue weighted by atomic mass is 9.74. The Kier molecular flexibility index (Phi) is 5.79. The summed E-state index contributed by atoms with van der Waals surface area (Å²) in [7, 11) is 0. The molecule has 3 aromatic rings. The van der Waals surface area contributed by atoms with E-state index >= 15 is 0 Å². The number of nitriles is 1. The first kappa shape index (κ1) is 23.6. The number of hydrogen-bond donors (Lipinski definition) is 1. The molecule has 0 aliphatic carbocycles. The third-order valence-electron chi connectivity index (χ3n) is 6.81. The molecule has 0 saturated carbocycles. The van der Waals surface area contributed by atoms with Gasteiger partial charge in [0.2, 0.25) is 11.8 Å². The maximum absolute atomic E-state index is 13.2. The zero-order chi connectivity index (χ0) is 25.5. The highest BCUT2D eigenvalue weighted by molar-refractivity contribution is 6.05. The second kappa shape index (κ2) is 8.82. The first-order valence-electron chi connectivity index (χ1n) is 11.5. The number of amides is 1. The van der Waals surface area contributed by atoms with Crippen LogP contribution in [-0.2, 0) is 16.4 Å². The van der Waals surface area contributed by atoms with Crippen LogP contribution in [0.15, 0.2) is 48.7 Å². The molecule has 1 spiro atoms. The van der Waals surface area contributed by atoms with Gasteiger partial charge in [-0.05, 0) is 56.2 Å². The lowest BCUT2D eigenvalue weighted by molar-refractivity contribution is -0.137. The first-order chi connectivity index (χ1) is 17.3. The molecule has 184 valence electrons. The van der Waals surface area contributed by atoms with Gasteiger partial charge in [-0.1, -0.05) is 6.07 Å². The molecule has 1 amide bonds. The fraction of sp³-hybridized carbons (Fsp3) is 0.308. The van der Waals surface area contributed by atoms with Crippen LogP contribution in [0.2, 0.25) is 0 Å². The Labute approximate surface area is 205 Å². The number of fused-ring (bicyclic) bond motifs is 2. The normalized spacial score (nSPS) is 16.4. The van der Waals surface area contributed by atoms with Crippen molar-refractivity contribution in [2.24, 2.45) is 0 Å². The Hall–Kier alpha value is -4.13. The number of benzene rings is 1. The highest BCUT2D eigenvalue weighted by Crippen LogP contribution is 2.46. The second-order valence-electron chi connectivity index (χ2n) is 8.75. The van der Waals surface area contributed by atoms with Gasteiger partial charge in [0, 0.05) is 24.8 Å². The van der Waals surface area contributed by atoms with Gasteiger partial charge in [-0.3, -0.25) is 4.79 Å². The van der Waals surface area contributed by atoms with E-state index in [-0.39, 0.29) is 11.5 Å². The summed E-state index contributed by atoms with van der Waals surface area (Å²) >= 11 is 0. The number of hydrogen-bond acceptors (Lipinski definition) is 6. The number of piperidine rings is 1. The smallest absolute Gasteiger partial charge is 0.416 e. The van der Waals surface area contributed by atoms with Crippen LogP contribution in [0.4, 0.5) is 24.7 Å². The fourth-order valence-corrected chi connectivity index (χ4v) is 4.98. The highest BCUT2D eigenvalue weighted by atomic mass is 19.4. The van der Waals surface area contributed by atoms with E-state index in [0.29, 0.717) is 55.6 Å². The standard InChI is InChI=1S/C26H22F3N5O2/c1-2-36-23-18(4-3-11-31-23)20-7-6-19-22(32-20)33-24(35)25(19)9-12-34(13-10-25)21-8-5-17(26(27,28)29)14-16(21)15-30/h3-8,11,14H,2,9-10,12-13H2,1H3,(H,32,33,35). The van der Waals surface area contributed by atoms with Crippen molar-refractivity contribution in [1.29, 1.82) is 5.26 Å². The average molecular weight is 493 g/mol. The number of aromatic nitrogens is 2. The van der Waals surface area contributed by atoms with E-state index in [1.165, 1.54) is 6.07 Å². The fourth-order valence-electron chi connectivity index (χ4n) is 4.98. The van der Waals surface area contributed by atoms with Crippen molar-refractivity contribution in [3.63, 3.8) is 0 Å². The van der Waals surface area contributed by atoms with E-state index in [9.17, 15) is 23.2 Å². The van der Waals surface area contributed by atoms with Crippen molar-refractivity contribution in [2.75, 3.05) is 29.9 Å². The van der Waals surface area contributed by atoms with E-state index in [1.54, 1.807) is 12.3 Å². The summed E-state index contributed by atoms with van der Waals surface area (Å²) in [6.07, 6.45) is -2.00. The summed E-state index contributed by atoms with van der Waals surface area (Å²) in [4.78, 5) is 24.0. The van der Waals surface area contributed by atoms with Crippen LogP contribution >= 0.6 is 0 Å². The summed E-state index contributed by atoms with van der Waals surface area (Å²) in [6.45, 7) is 3.14. The van der Waals surface area contributed by atoms with Crippen LogP contribution < -0.4 is 15.0 Å². The van der Waals surface area contributed by atoms with Crippen LogP contribution in [0.5, 0.6) is 5.88 Å². The Bertz CT molecular complexity index is 1370. The molecular formula is C26H22F3N5O2. The average Bonchev–Trinajstić information content (AvgIpc) is 3.14. The summed E-state index contributed by atoms with van der Waals surface area (Å²) < 4.78 is 44.8. The van der Waals surface area contributed by atoms with E-state index < -0.39 is 17.2 Å². The molecule has 0 unspecified atom stereocenters. The first-order valence-corrected chi connectivity index (χ1v) is 11.5. The topological polar surface area (TPSA) is 91.1 Å². The Balaban J connectivity index is 1.41. The number of nitrogens with one attached hydrogen (secondary N) is 1. The van der Waals surface area contributed by atoms with Gasteiger partial charge in [0.15, 0.2) is 0 Å². The summed E-state index contributed by atoms with van der Waals surface area (Å²) in [6, 6.07) is 12.5. The zero-order valence-corrected chi connectivity index (χ0v) is 19.4. The molecule has 5 rings (SSSR count). The summed E-state index contributed by atoms with van der Waals surface area (Å²) in [5, 5.41) is 12.4. The maximum Gasteiger partial charge on any atom is 0.416 e. The minimum absolute atomic E-state index is 0.0371. The van der Waals surface area contributed by atoms with Gasteiger partial charge in [-0.2, -0.15) is 18.4 Å². The van der Waals surface area contributed by atoms with Crippen molar-refractivity contribution in [3.05, 3.63) is 65.4 Å². The van der Waals surface area contributed by atoms with Crippen molar-refractivity contribution < 1.29 is 22.7 Å². The summed E-state index contributed by atoms with van der Waals surface area (Å²) in [5.74, 6) is 0.806. The molecule has 1 aromatic carbocycles. The number of halogens is 3. The van der Waals surface area contributed by atoms with Gasteiger partial charge < -0.3 is 15.0 Å². The number of alkyl halides is 3. The minimum atomic E-state index is -4.52. The quantitative estimate of drug-likeness (QED) is 0.555. The maximum atomic E-state index is 13.2. The highest BCUT2D eigenvalue weighted by Gasteiger charge is 2.49. The van der Waals surface area contributed by atoms with Gasteiger partial charge in [-0.15, -0.1) is 0 Å². The number of carbonyl (C=O) groups excluding carboxylic acids is 1. The van der Waals surface area contributed by atoms with Crippen LogP contribution in [0.3, 0.4) is 0 Å². The van der Waals surface area contributed by atoms with Crippen molar-refractivity contribution in [1.82, 2.24) is 9.97 Å². The monoisotopic (exact) mass is 493 g/mol. The molecule has 2 aromatic heterocycles. The predicted molar refractivity (Wildman–Crippen MR) is 127 cm³/mol. The molecule has 0 atom stereocenters. The molecule has 36 heavy (non-hydrogen) atoms. The SMILES string of the molecule is CCOc1ncccc1-c1ccc2c(n1)NC(=O)C21CCN(c2ccc(C(F)(F)F)cc2C#N)CC1. The van der Waals surface area contributed by atoms with Gasteiger partial charge >= 0.3 is 6.18 Å². The van der Waals surface area contributed by atoms with E-state index in [0.717, 1.165) is 23.3 Å². The lowest BCUT2D eigenvalue weighted by Crippen LogP contribution is -2.46. The van der Waals surface area contributed by atoms with Gasteiger partial charge in [0.05, 0.1) is 40.1 Å². The number of nitrogens with zero attached hydrogens (tertiary/aromatic N) is 4. The number of ether oxygens (including phenoxy) is 1. The third kappa shape index (κ3) is 3.90. The number of carbonyl (C=O) groups is 1. The van der Waals surface area contributed by atoms with E-state index in [1.807, 2.05) is 36.1 Å². The number of rotatable bonds is 4. The van der Waals surface area contributed by atoms with Crippen molar-refractivity contribution >= 4 is 17.4 Å². The van der Waals surface area contributed by atoms with Gasteiger partial charge in [-0.25, -0.2) is 9.97 Å². The Morgan fingerprint density at radius 1 is 1.19 bits per heavy atom. The molecule has 0 bridgehead atoms. The van der Waals surface area contributed by atoms with Crippen molar-refractivity contribution in [2.45, 2.75) is 31.4 Å². The van der Waals surface area contributed by atoms with Gasteiger partial charge in [0.1, 0.15) is 11.9 Å². The third-order valence-corrected chi connectivity index (χ3v) is 6.81. The molecule has 1 fully saturated rings. The molecule has 0 radical (unpaired) electrons. The van der Waals surface area contributed by atoms with Crippen molar-refractivity contribution in [3.8, 4) is 23.2 Å². The molecular weight excluding hydrogens is 471 g/mol. The number of pyridine rings is 2. The van der Waals surface area contributed by atoms with Crippen LogP contribution in [0, 0.1) is 11.3 Å². The van der Waals surface area contributed by atoms with E-state index in [4.69, 9.17) is 4.74 Å². The Morgan fingerprint density at radius 3 is 2.67 bits per heavy atom. The largest absolute Gasteiger partial charge is 0.477 e. The molecule has 2 aliphatic heterocycles. The van der Waals surface area contributed by atoms with E-state index in [2.05, 4.69) is 15.3 Å². The van der Waals surface area contributed by atoms with Crippen LogP contribution in [0.1, 0.15) is 36.5 Å². The van der Waals surface area contributed by atoms with Crippen LogP contribution in [-0.4, -0.2) is 35.6 Å². The van der Waals surface area contributed by atoms with Gasteiger partial charge in [0.25, 0.3) is 0 Å². The zero-order valence-electron chi connectivity index (χ0n) is 19.4. The molecule has 4 heterocycles. The second-order valence-corrected chi connectivity index (χ2v) is 8.75. The van der Waals surface area contributed by atoms with Crippen LogP contribution in [0.25, 0.3) is 11.3 Å². The summed E-state index contributed by atoms with van der Waals surface area (Å²) in [5.41, 5.74) is 0.904. The molecule has 7 nitrogen and oxygen atoms in total.